The van der Waals surface area contributed by atoms with Crippen molar-refractivity contribution in [2.75, 3.05) is 38.0 Å². The first-order valence-corrected chi connectivity index (χ1v) is 6.88. The van der Waals surface area contributed by atoms with Crippen LogP contribution < -0.4 is 9.80 Å². The van der Waals surface area contributed by atoms with Crippen molar-refractivity contribution in [3.63, 3.8) is 0 Å². The average molecular weight is 264 g/mol. The van der Waals surface area contributed by atoms with Crippen LogP contribution in [0.1, 0.15) is 0 Å². The maximum absolute atomic E-state index is 2.31. The smallest absolute Gasteiger partial charge is 0.0440 e. The number of anilines is 2. The summed E-state index contributed by atoms with van der Waals surface area (Å²) in [7, 11) is 8.38. The minimum absolute atomic E-state index is 1.26. The van der Waals surface area contributed by atoms with E-state index in [4.69, 9.17) is 0 Å². The molecule has 0 aliphatic rings. The topological polar surface area (TPSA) is 6.48 Å². The van der Waals surface area contributed by atoms with Crippen molar-refractivity contribution in [1.82, 2.24) is 0 Å². The van der Waals surface area contributed by atoms with Gasteiger partial charge in [-0.3, -0.25) is 0 Å². The third-order valence-corrected chi connectivity index (χ3v) is 3.80. The predicted molar refractivity (Wildman–Crippen MR) is 90.1 cm³/mol. The van der Waals surface area contributed by atoms with Gasteiger partial charge in [-0.05, 0) is 35.0 Å². The molecule has 0 saturated carbocycles. The Labute approximate surface area is 120 Å². The van der Waals surface area contributed by atoms with Gasteiger partial charge >= 0.3 is 0 Å². The summed E-state index contributed by atoms with van der Waals surface area (Å²) in [6.07, 6.45) is 0. The van der Waals surface area contributed by atoms with Crippen LogP contribution in [0.2, 0.25) is 0 Å². The molecule has 0 atom stereocenters. The van der Waals surface area contributed by atoms with Crippen molar-refractivity contribution in [3.8, 4) is 0 Å². The van der Waals surface area contributed by atoms with Gasteiger partial charge in [0.25, 0.3) is 0 Å². The number of fused-ring (bicyclic) bond motifs is 2. The number of hydrogen-bond donors (Lipinski definition) is 0. The van der Waals surface area contributed by atoms with Gasteiger partial charge in [-0.1, -0.05) is 24.3 Å². The Hall–Kier alpha value is -2.22. The normalized spacial score (nSPS) is 11.0. The molecule has 0 amide bonds. The van der Waals surface area contributed by atoms with Crippen molar-refractivity contribution in [1.29, 1.82) is 0 Å². The molecule has 0 aliphatic heterocycles. The van der Waals surface area contributed by atoms with Crippen LogP contribution in [0, 0.1) is 0 Å². The summed E-state index contributed by atoms with van der Waals surface area (Å²) in [5.41, 5.74) is 2.52. The third-order valence-electron chi connectivity index (χ3n) is 3.80. The second-order valence-electron chi connectivity index (χ2n) is 5.64. The summed E-state index contributed by atoms with van der Waals surface area (Å²) in [6.45, 7) is 0. The highest BCUT2D eigenvalue weighted by Gasteiger charge is 2.08. The Morgan fingerprint density at radius 2 is 1.05 bits per heavy atom. The molecule has 3 aromatic carbocycles. The molecule has 0 spiro atoms. The molecule has 0 unspecified atom stereocenters. The van der Waals surface area contributed by atoms with Crippen LogP contribution in [0.5, 0.6) is 0 Å². The SMILES string of the molecule is CN(C)c1cccc2cc3cccc(N(C)C)c3cc12. The lowest BCUT2D eigenvalue weighted by molar-refractivity contribution is 1.14. The van der Waals surface area contributed by atoms with Crippen molar-refractivity contribution in [2.24, 2.45) is 0 Å². The second kappa shape index (κ2) is 4.71. The maximum atomic E-state index is 2.31. The van der Waals surface area contributed by atoms with Gasteiger partial charge in [0.2, 0.25) is 0 Å². The standard InChI is InChI=1S/C18H20N2/c1-19(2)17-9-5-7-13-11-14-8-6-10-18(20(3)4)16(14)12-15(13)17/h5-12H,1-4H3. The third kappa shape index (κ3) is 1.97. The molecule has 2 heteroatoms. The summed E-state index contributed by atoms with van der Waals surface area (Å²) in [4.78, 5) is 4.35. The van der Waals surface area contributed by atoms with Gasteiger partial charge in [-0.2, -0.15) is 0 Å². The van der Waals surface area contributed by atoms with Crippen LogP contribution in [0.15, 0.2) is 48.5 Å². The van der Waals surface area contributed by atoms with Gasteiger partial charge in [-0.25, -0.2) is 0 Å². The zero-order valence-electron chi connectivity index (χ0n) is 12.5. The highest BCUT2D eigenvalue weighted by Crippen LogP contribution is 2.33. The lowest BCUT2D eigenvalue weighted by Gasteiger charge is -2.19. The second-order valence-corrected chi connectivity index (χ2v) is 5.64. The predicted octanol–water partition coefficient (Wildman–Crippen LogP) is 4.13. The molecule has 0 N–H and O–H groups in total. The number of nitrogens with zero attached hydrogens (tertiary/aromatic N) is 2. The fourth-order valence-electron chi connectivity index (χ4n) is 2.80. The summed E-state index contributed by atoms with van der Waals surface area (Å²) < 4.78 is 0. The molecule has 3 rings (SSSR count). The van der Waals surface area contributed by atoms with E-state index in [1.54, 1.807) is 0 Å². The Balaban J connectivity index is 2.42. The molecule has 0 bridgehead atoms. The van der Waals surface area contributed by atoms with Gasteiger partial charge < -0.3 is 9.80 Å². The van der Waals surface area contributed by atoms with E-state index >= 15 is 0 Å². The lowest BCUT2D eigenvalue weighted by Crippen LogP contribution is -2.10. The molecule has 0 fully saturated rings. The van der Waals surface area contributed by atoms with E-state index in [1.165, 1.54) is 32.9 Å². The van der Waals surface area contributed by atoms with Gasteiger partial charge in [-0.15, -0.1) is 0 Å². The number of benzene rings is 3. The maximum Gasteiger partial charge on any atom is 0.0440 e. The fourth-order valence-corrected chi connectivity index (χ4v) is 2.80. The molecule has 0 heterocycles. The first-order chi connectivity index (χ1) is 9.58. The van der Waals surface area contributed by atoms with E-state index in [1.807, 2.05) is 0 Å². The highest BCUT2D eigenvalue weighted by atomic mass is 15.1. The quantitative estimate of drug-likeness (QED) is 0.642. The molecule has 20 heavy (non-hydrogen) atoms. The average Bonchev–Trinajstić information content (AvgIpc) is 2.43. The summed E-state index contributed by atoms with van der Waals surface area (Å²) in [5.74, 6) is 0. The van der Waals surface area contributed by atoms with Crippen LogP contribution in [0.3, 0.4) is 0 Å². The first kappa shape index (κ1) is 12.8. The molecule has 102 valence electrons. The first-order valence-electron chi connectivity index (χ1n) is 6.88. The fraction of sp³-hybridized carbons (Fsp3) is 0.222. The Morgan fingerprint density at radius 3 is 1.45 bits per heavy atom. The largest absolute Gasteiger partial charge is 0.377 e. The molecule has 0 saturated heterocycles. The zero-order chi connectivity index (χ0) is 14.3. The summed E-state index contributed by atoms with van der Waals surface area (Å²) >= 11 is 0. The minimum atomic E-state index is 1.26. The molecule has 3 aromatic rings. The Bertz CT molecular complexity index is 710. The van der Waals surface area contributed by atoms with E-state index in [-0.39, 0.29) is 0 Å². The Kier molecular flexibility index (Phi) is 3.01. The molecular formula is C18H20N2. The highest BCUT2D eigenvalue weighted by molar-refractivity contribution is 6.07. The summed E-state index contributed by atoms with van der Waals surface area (Å²) in [6, 6.07) is 17.6. The van der Waals surface area contributed by atoms with Gasteiger partial charge in [0.05, 0.1) is 0 Å². The van der Waals surface area contributed by atoms with Gasteiger partial charge in [0, 0.05) is 50.3 Å². The van der Waals surface area contributed by atoms with Gasteiger partial charge in [0.15, 0.2) is 0 Å². The molecule has 0 aliphatic carbocycles. The van der Waals surface area contributed by atoms with Crippen molar-refractivity contribution in [2.45, 2.75) is 0 Å². The summed E-state index contributed by atoms with van der Waals surface area (Å²) in [5, 5.41) is 5.19. The molecule has 0 aromatic heterocycles. The van der Waals surface area contributed by atoms with Crippen molar-refractivity contribution in [3.05, 3.63) is 48.5 Å². The van der Waals surface area contributed by atoms with Crippen LogP contribution in [-0.4, -0.2) is 28.2 Å². The van der Waals surface area contributed by atoms with Crippen LogP contribution >= 0.6 is 0 Å². The van der Waals surface area contributed by atoms with E-state index in [0.29, 0.717) is 0 Å². The van der Waals surface area contributed by atoms with Crippen LogP contribution in [0.25, 0.3) is 21.5 Å². The molecule has 0 radical (unpaired) electrons. The van der Waals surface area contributed by atoms with Crippen LogP contribution in [-0.2, 0) is 0 Å². The van der Waals surface area contributed by atoms with Crippen molar-refractivity contribution < 1.29 is 0 Å². The van der Waals surface area contributed by atoms with E-state index in [9.17, 15) is 0 Å². The monoisotopic (exact) mass is 264 g/mol. The van der Waals surface area contributed by atoms with Gasteiger partial charge in [0.1, 0.15) is 0 Å². The van der Waals surface area contributed by atoms with Crippen LogP contribution in [0.4, 0.5) is 11.4 Å². The molecule has 2 nitrogen and oxygen atoms in total. The number of hydrogen-bond acceptors (Lipinski definition) is 2. The van der Waals surface area contributed by atoms with Crippen molar-refractivity contribution >= 4 is 32.9 Å². The number of rotatable bonds is 2. The zero-order valence-corrected chi connectivity index (χ0v) is 12.5. The van der Waals surface area contributed by atoms with E-state index in [0.717, 1.165) is 0 Å². The molecular weight excluding hydrogens is 244 g/mol. The lowest BCUT2D eigenvalue weighted by atomic mass is 10.0. The Morgan fingerprint density at radius 1 is 0.600 bits per heavy atom. The minimum Gasteiger partial charge on any atom is -0.377 e. The van der Waals surface area contributed by atoms with E-state index in [2.05, 4.69) is 86.5 Å². The van der Waals surface area contributed by atoms with E-state index < -0.39 is 0 Å².